The lowest BCUT2D eigenvalue weighted by molar-refractivity contribution is -0.277. The third-order valence-corrected chi connectivity index (χ3v) is 4.52. The van der Waals surface area contributed by atoms with Crippen LogP contribution in [0.2, 0.25) is 0 Å². The van der Waals surface area contributed by atoms with E-state index in [-0.39, 0.29) is 11.9 Å². The van der Waals surface area contributed by atoms with Gasteiger partial charge < -0.3 is 14.2 Å². The van der Waals surface area contributed by atoms with Crippen molar-refractivity contribution < 1.29 is 14.2 Å². The molecule has 4 heteroatoms. The third-order valence-electron chi connectivity index (χ3n) is 3.75. The molecular weight excluding hydrogens is 320 g/mol. The topological polar surface area (TPSA) is 27.7 Å². The molecule has 0 N–H and O–H groups in total. The molecule has 1 fully saturated rings. The summed E-state index contributed by atoms with van der Waals surface area (Å²) >= 11 is 3.53. The molecule has 1 atom stereocenters. The molecule has 112 valence electrons. The van der Waals surface area contributed by atoms with Crippen molar-refractivity contribution in [3.8, 4) is 0 Å². The van der Waals surface area contributed by atoms with Gasteiger partial charge in [-0.2, -0.15) is 0 Å². The average Bonchev–Trinajstić information content (AvgIpc) is 2.46. The van der Waals surface area contributed by atoms with E-state index in [1.54, 1.807) is 0 Å². The molecule has 1 aliphatic heterocycles. The molecule has 1 heterocycles. The van der Waals surface area contributed by atoms with Crippen LogP contribution in [0.5, 0.6) is 0 Å². The lowest BCUT2D eigenvalue weighted by Crippen LogP contribution is -2.48. The molecule has 1 saturated heterocycles. The minimum absolute atomic E-state index is 0.0971. The molecule has 0 saturated carbocycles. The van der Waals surface area contributed by atoms with Crippen LogP contribution in [-0.4, -0.2) is 25.1 Å². The minimum Gasteiger partial charge on any atom is -0.366 e. The highest BCUT2D eigenvalue weighted by atomic mass is 79.9. The Morgan fingerprint density at radius 3 is 2.60 bits per heavy atom. The first-order valence-corrected chi connectivity index (χ1v) is 7.94. The molecule has 20 heavy (non-hydrogen) atoms. The molecular formula is C16H23BrO3. The van der Waals surface area contributed by atoms with Crippen LogP contribution in [0.3, 0.4) is 0 Å². The molecule has 0 aromatic heterocycles. The Morgan fingerprint density at radius 1 is 1.35 bits per heavy atom. The Hall–Kier alpha value is -0.420. The van der Waals surface area contributed by atoms with Gasteiger partial charge in [0, 0.05) is 10.4 Å². The predicted octanol–water partition coefficient (Wildman–Crippen LogP) is 4.14. The summed E-state index contributed by atoms with van der Waals surface area (Å²) in [6.07, 6.45) is 0.958. The Kier molecular flexibility index (Phi) is 5.61. The lowest BCUT2D eigenvalue weighted by atomic mass is 10.1. The smallest absolute Gasteiger partial charge is 0.160 e. The van der Waals surface area contributed by atoms with Crippen LogP contribution in [0.1, 0.15) is 32.8 Å². The van der Waals surface area contributed by atoms with E-state index < -0.39 is 0 Å². The second-order valence-corrected chi connectivity index (χ2v) is 6.56. The second kappa shape index (κ2) is 7.03. The third kappa shape index (κ3) is 4.04. The molecule has 0 spiro atoms. The van der Waals surface area contributed by atoms with Crippen molar-refractivity contribution in [2.75, 3.05) is 13.2 Å². The summed E-state index contributed by atoms with van der Waals surface area (Å²) in [6, 6.07) is 8.09. The zero-order valence-electron chi connectivity index (χ0n) is 12.4. The summed E-state index contributed by atoms with van der Waals surface area (Å²) in [4.78, 5) is 0. The van der Waals surface area contributed by atoms with Crippen molar-refractivity contribution in [3.05, 3.63) is 34.3 Å². The van der Waals surface area contributed by atoms with E-state index in [0.717, 1.165) is 16.5 Å². The van der Waals surface area contributed by atoms with Gasteiger partial charge in [-0.1, -0.05) is 48.0 Å². The van der Waals surface area contributed by atoms with Gasteiger partial charge in [-0.3, -0.25) is 0 Å². The first-order chi connectivity index (χ1) is 9.54. The first kappa shape index (κ1) is 16.0. The van der Waals surface area contributed by atoms with Gasteiger partial charge in [0.1, 0.15) is 5.60 Å². The summed E-state index contributed by atoms with van der Waals surface area (Å²) in [5.74, 6) is 0.419. The van der Waals surface area contributed by atoms with Gasteiger partial charge in [-0.15, -0.1) is 0 Å². The number of ether oxygens (including phenoxy) is 3. The van der Waals surface area contributed by atoms with Crippen LogP contribution in [0, 0.1) is 5.92 Å². The van der Waals surface area contributed by atoms with E-state index in [2.05, 4.69) is 35.8 Å². The average molecular weight is 343 g/mol. The van der Waals surface area contributed by atoms with E-state index in [0.29, 0.717) is 25.7 Å². The molecule has 0 aliphatic carbocycles. The monoisotopic (exact) mass is 342 g/mol. The summed E-state index contributed by atoms with van der Waals surface area (Å²) < 4.78 is 18.7. The molecule has 2 rings (SSSR count). The fourth-order valence-electron chi connectivity index (χ4n) is 2.08. The maximum Gasteiger partial charge on any atom is 0.160 e. The summed E-state index contributed by atoms with van der Waals surface area (Å²) in [7, 11) is 0. The molecule has 1 unspecified atom stereocenters. The van der Waals surface area contributed by atoms with Gasteiger partial charge in [0.15, 0.2) is 6.29 Å². The highest BCUT2D eigenvalue weighted by Gasteiger charge is 2.35. The predicted molar refractivity (Wildman–Crippen MR) is 82.5 cm³/mol. The number of halogens is 1. The zero-order chi connectivity index (χ0) is 14.6. The molecule has 1 aliphatic rings. The minimum atomic E-state index is -0.376. The van der Waals surface area contributed by atoms with Crippen LogP contribution in [-0.2, 0) is 20.8 Å². The van der Waals surface area contributed by atoms with E-state index in [4.69, 9.17) is 14.2 Å². The highest BCUT2D eigenvalue weighted by molar-refractivity contribution is 9.10. The summed E-state index contributed by atoms with van der Waals surface area (Å²) in [5, 5.41) is 0. The Labute approximate surface area is 129 Å². The second-order valence-electron chi connectivity index (χ2n) is 5.71. The van der Waals surface area contributed by atoms with Gasteiger partial charge in [0.05, 0.1) is 19.8 Å². The van der Waals surface area contributed by atoms with Gasteiger partial charge in [-0.25, -0.2) is 0 Å². The van der Waals surface area contributed by atoms with E-state index in [1.165, 1.54) is 0 Å². The Balaban J connectivity index is 1.86. The van der Waals surface area contributed by atoms with Crippen molar-refractivity contribution in [3.63, 3.8) is 0 Å². The summed E-state index contributed by atoms with van der Waals surface area (Å²) in [5.41, 5.74) is 0.761. The van der Waals surface area contributed by atoms with E-state index >= 15 is 0 Å². The maximum atomic E-state index is 6.02. The molecule has 0 amide bonds. The number of hydrogen-bond acceptors (Lipinski definition) is 3. The standard InChI is InChI=1S/C16H23BrO3/c1-4-12(2)15-18-10-16(3,11-19-15)20-9-13-7-5-6-8-14(13)17/h5-8,12,15H,4,9-11H2,1-3H3/t12?,15-,16+. The number of hydrogen-bond donors (Lipinski definition) is 0. The van der Waals surface area contributed by atoms with Crippen LogP contribution >= 0.6 is 15.9 Å². The zero-order valence-corrected chi connectivity index (χ0v) is 14.0. The van der Waals surface area contributed by atoms with E-state index in [1.807, 2.05) is 25.1 Å². The largest absolute Gasteiger partial charge is 0.366 e. The Bertz CT molecular complexity index is 427. The van der Waals surface area contributed by atoms with Crippen LogP contribution in [0.4, 0.5) is 0 Å². The molecule has 0 radical (unpaired) electrons. The number of benzene rings is 1. The van der Waals surface area contributed by atoms with Crippen molar-refractivity contribution in [2.45, 2.75) is 45.7 Å². The van der Waals surface area contributed by atoms with Crippen LogP contribution in [0.25, 0.3) is 0 Å². The molecule has 1 aromatic carbocycles. The van der Waals surface area contributed by atoms with Crippen molar-refractivity contribution in [1.29, 1.82) is 0 Å². The van der Waals surface area contributed by atoms with Gasteiger partial charge in [0.2, 0.25) is 0 Å². The lowest BCUT2D eigenvalue weighted by Gasteiger charge is -2.39. The molecule has 0 bridgehead atoms. The van der Waals surface area contributed by atoms with Crippen molar-refractivity contribution >= 4 is 15.9 Å². The van der Waals surface area contributed by atoms with E-state index in [9.17, 15) is 0 Å². The maximum absolute atomic E-state index is 6.02. The van der Waals surface area contributed by atoms with Crippen LogP contribution in [0.15, 0.2) is 28.7 Å². The Morgan fingerprint density at radius 2 is 2.00 bits per heavy atom. The fourth-order valence-corrected chi connectivity index (χ4v) is 2.48. The SMILES string of the molecule is CCC(C)[C@H]1OC[C@@](C)(OCc2ccccc2Br)CO1. The fraction of sp³-hybridized carbons (Fsp3) is 0.625. The number of rotatable bonds is 5. The normalized spacial score (nSPS) is 28.3. The quantitative estimate of drug-likeness (QED) is 0.804. The van der Waals surface area contributed by atoms with Crippen molar-refractivity contribution in [1.82, 2.24) is 0 Å². The highest BCUT2D eigenvalue weighted by Crippen LogP contribution is 2.26. The van der Waals surface area contributed by atoms with Crippen molar-refractivity contribution in [2.24, 2.45) is 5.92 Å². The first-order valence-electron chi connectivity index (χ1n) is 7.14. The summed E-state index contributed by atoms with van der Waals surface area (Å²) in [6.45, 7) is 8.04. The van der Waals surface area contributed by atoms with Crippen LogP contribution < -0.4 is 0 Å². The van der Waals surface area contributed by atoms with Gasteiger partial charge in [-0.05, 0) is 25.0 Å². The van der Waals surface area contributed by atoms with Gasteiger partial charge in [0.25, 0.3) is 0 Å². The molecule has 1 aromatic rings. The molecule has 3 nitrogen and oxygen atoms in total. The van der Waals surface area contributed by atoms with Gasteiger partial charge >= 0.3 is 0 Å².